The van der Waals surface area contributed by atoms with Gasteiger partial charge in [0.25, 0.3) is 0 Å². The summed E-state index contributed by atoms with van der Waals surface area (Å²) in [5.74, 6) is 1.20. The molecule has 2 aromatic rings. The number of ether oxygens (including phenoxy) is 2. The number of anilines is 1. The van der Waals surface area contributed by atoms with E-state index in [-0.39, 0.29) is 25.7 Å². The van der Waals surface area contributed by atoms with Gasteiger partial charge in [-0.15, -0.1) is 0 Å². The lowest BCUT2D eigenvalue weighted by molar-refractivity contribution is -0.121. The van der Waals surface area contributed by atoms with Crippen LogP contribution in [0.4, 0.5) is 5.69 Å². The fourth-order valence-electron chi connectivity index (χ4n) is 2.84. The summed E-state index contributed by atoms with van der Waals surface area (Å²) in [6.45, 7) is 0.755. The van der Waals surface area contributed by atoms with Gasteiger partial charge in [-0.3, -0.25) is 9.10 Å². The minimum Gasteiger partial charge on any atom is -0.454 e. The Bertz CT molecular complexity index is 965. The quantitative estimate of drug-likeness (QED) is 0.704. The molecule has 0 radical (unpaired) electrons. The molecule has 1 aliphatic rings. The van der Waals surface area contributed by atoms with E-state index in [9.17, 15) is 13.2 Å². The van der Waals surface area contributed by atoms with Crippen molar-refractivity contribution in [2.75, 3.05) is 23.9 Å². The van der Waals surface area contributed by atoms with E-state index >= 15 is 0 Å². The number of rotatable bonds is 8. The van der Waals surface area contributed by atoms with Gasteiger partial charge in [-0.25, -0.2) is 8.42 Å². The van der Waals surface area contributed by atoms with E-state index < -0.39 is 10.0 Å². The van der Waals surface area contributed by atoms with Crippen LogP contribution >= 0.6 is 11.6 Å². The number of hydrogen-bond donors (Lipinski definition) is 1. The Morgan fingerprint density at radius 1 is 1.18 bits per heavy atom. The molecule has 1 N–H and O–H groups in total. The molecule has 2 aromatic carbocycles. The van der Waals surface area contributed by atoms with Gasteiger partial charge in [0.15, 0.2) is 11.5 Å². The average molecular weight is 425 g/mol. The van der Waals surface area contributed by atoms with Crippen molar-refractivity contribution in [3.63, 3.8) is 0 Å². The monoisotopic (exact) mass is 424 g/mol. The first-order chi connectivity index (χ1) is 13.3. The minimum atomic E-state index is -3.48. The maximum atomic E-state index is 12.1. The third-order valence-electron chi connectivity index (χ3n) is 4.19. The number of amides is 1. The van der Waals surface area contributed by atoms with Crippen molar-refractivity contribution in [2.24, 2.45) is 0 Å². The average Bonchev–Trinajstić information content (AvgIpc) is 3.10. The van der Waals surface area contributed by atoms with Crippen LogP contribution in [0.5, 0.6) is 11.5 Å². The van der Waals surface area contributed by atoms with Crippen molar-refractivity contribution < 1.29 is 22.7 Å². The van der Waals surface area contributed by atoms with Crippen molar-refractivity contribution in [1.82, 2.24) is 5.32 Å². The van der Waals surface area contributed by atoms with Crippen LogP contribution in [0.15, 0.2) is 42.5 Å². The molecule has 0 spiro atoms. The van der Waals surface area contributed by atoms with E-state index in [1.54, 1.807) is 30.3 Å². The zero-order valence-electron chi connectivity index (χ0n) is 15.4. The molecular formula is C19H21ClN2O5S. The standard InChI is InChI=1S/C19H21ClN2O5S/c1-28(24,25)22(16-5-2-4-15(20)11-16)9-3-6-19(23)21-12-14-7-8-17-18(10-14)27-13-26-17/h2,4-5,7-8,10-11H,3,6,9,12-13H2,1H3,(H,21,23). The van der Waals surface area contributed by atoms with E-state index in [0.29, 0.717) is 35.2 Å². The van der Waals surface area contributed by atoms with Crippen LogP contribution in [0.3, 0.4) is 0 Å². The number of carbonyl (C=O) groups excluding carboxylic acids is 1. The van der Waals surface area contributed by atoms with Gasteiger partial charge < -0.3 is 14.8 Å². The molecule has 3 rings (SSSR count). The fourth-order valence-corrected chi connectivity index (χ4v) is 3.98. The second-order valence-corrected chi connectivity index (χ2v) is 8.73. The lowest BCUT2D eigenvalue weighted by Crippen LogP contribution is -2.32. The molecule has 1 aliphatic heterocycles. The zero-order chi connectivity index (χ0) is 20.1. The highest BCUT2D eigenvalue weighted by Gasteiger charge is 2.18. The highest BCUT2D eigenvalue weighted by atomic mass is 35.5. The molecule has 1 amide bonds. The van der Waals surface area contributed by atoms with Crippen molar-refractivity contribution in [3.8, 4) is 11.5 Å². The minimum absolute atomic E-state index is 0.155. The van der Waals surface area contributed by atoms with Crippen LogP contribution in [-0.4, -0.2) is 33.9 Å². The highest BCUT2D eigenvalue weighted by Crippen LogP contribution is 2.32. The molecular weight excluding hydrogens is 404 g/mol. The van der Waals surface area contributed by atoms with Crippen molar-refractivity contribution in [3.05, 3.63) is 53.1 Å². The largest absolute Gasteiger partial charge is 0.454 e. The number of nitrogens with one attached hydrogen (secondary N) is 1. The topological polar surface area (TPSA) is 84.9 Å². The lowest BCUT2D eigenvalue weighted by atomic mass is 10.2. The molecule has 28 heavy (non-hydrogen) atoms. The molecule has 1 heterocycles. The maximum Gasteiger partial charge on any atom is 0.232 e. The van der Waals surface area contributed by atoms with E-state index in [2.05, 4.69) is 5.32 Å². The first-order valence-corrected chi connectivity index (χ1v) is 10.9. The van der Waals surface area contributed by atoms with Gasteiger partial charge in [-0.2, -0.15) is 0 Å². The zero-order valence-corrected chi connectivity index (χ0v) is 16.9. The molecule has 0 saturated carbocycles. The van der Waals surface area contributed by atoms with E-state index in [0.717, 1.165) is 11.8 Å². The normalized spacial score (nSPS) is 12.6. The molecule has 9 heteroatoms. The summed E-state index contributed by atoms with van der Waals surface area (Å²) < 4.78 is 36.0. The summed E-state index contributed by atoms with van der Waals surface area (Å²) in [7, 11) is -3.48. The van der Waals surface area contributed by atoms with Crippen molar-refractivity contribution in [1.29, 1.82) is 0 Å². The van der Waals surface area contributed by atoms with Gasteiger partial charge in [0.1, 0.15) is 0 Å². The van der Waals surface area contributed by atoms with E-state index in [1.165, 1.54) is 4.31 Å². The number of fused-ring (bicyclic) bond motifs is 1. The van der Waals surface area contributed by atoms with Crippen LogP contribution in [0.1, 0.15) is 18.4 Å². The van der Waals surface area contributed by atoms with Gasteiger partial charge >= 0.3 is 0 Å². The van der Waals surface area contributed by atoms with Gasteiger partial charge in [0, 0.05) is 24.5 Å². The third kappa shape index (κ3) is 5.30. The molecule has 0 unspecified atom stereocenters. The Hall–Kier alpha value is -2.45. The number of halogens is 1. The molecule has 0 bridgehead atoms. The molecule has 0 atom stereocenters. The van der Waals surface area contributed by atoms with Crippen LogP contribution < -0.4 is 19.1 Å². The van der Waals surface area contributed by atoms with Crippen molar-refractivity contribution >= 4 is 33.2 Å². The second kappa shape index (κ2) is 8.70. The number of carbonyl (C=O) groups is 1. The van der Waals surface area contributed by atoms with Crippen molar-refractivity contribution in [2.45, 2.75) is 19.4 Å². The summed E-state index contributed by atoms with van der Waals surface area (Å²) in [4.78, 5) is 12.1. The Morgan fingerprint density at radius 3 is 2.71 bits per heavy atom. The van der Waals surface area contributed by atoms with Gasteiger partial charge in [-0.1, -0.05) is 23.7 Å². The maximum absolute atomic E-state index is 12.1. The number of nitrogens with zero attached hydrogens (tertiary/aromatic N) is 1. The third-order valence-corrected chi connectivity index (χ3v) is 5.62. The van der Waals surface area contributed by atoms with Crippen LogP contribution in [-0.2, 0) is 21.4 Å². The first kappa shape index (κ1) is 20.3. The molecule has 0 saturated heterocycles. The Kier molecular flexibility index (Phi) is 6.31. The first-order valence-electron chi connectivity index (χ1n) is 8.71. The lowest BCUT2D eigenvalue weighted by Gasteiger charge is -2.22. The fraction of sp³-hybridized carbons (Fsp3) is 0.316. The summed E-state index contributed by atoms with van der Waals surface area (Å²) >= 11 is 5.96. The predicted octanol–water partition coefficient (Wildman–Crippen LogP) is 2.93. The highest BCUT2D eigenvalue weighted by molar-refractivity contribution is 7.92. The number of benzene rings is 2. The van der Waals surface area contributed by atoms with Gasteiger partial charge in [-0.05, 0) is 42.3 Å². The summed E-state index contributed by atoms with van der Waals surface area (Å²) in [6, 6.07) is 12.1. The number of sulfonamides is 1. The van der Waals surface area contributed by atoms with Crippen LogP contribution in [0.2, 0.25) is 5.02 Å². The molecule has 7 nitrogen and oxygen atoms in total. The van der Waals surface area contributed by atoms with Crippen LogP contribution in [0, 0.1) is 0 Å². The van der Waals surface area contributed by atoms with Gasteiger partial charge in [0.05, 0.1) is 11.9 Å². The van der Waals surface area contributed by atoms with E-state index in [4.69, 9.17) is 21.1 Å². The molecule has 0 aromatic heterocycles. The summed E-state index contributed by atoms with van der Waals surface area (Å²) in [5.41, 5.74) is 1.38. The predicted molar refractivity (Wildman–Crippen MR) is 107 cm³/mol. The van der Waals surface area contributed by atoms with E-state index in [1.807, 2.05) is 12.1 Å². The SMILES string of the molecule is CS(=O)(=O)N(CCCC(=O)NCc1ccc2c(c1)OCO2)c1cccc(Cl)c1. The number of hydrogen-bond acceptors (Lipinski definition) is 5. The van der Waals surface area contributed by atoms with Gasteiger partial charge in [0.2, 0.25) is 22.7 Å². The molecule has 0 fully saturated rings. The molecule has 0 aliphatic carbocycles. The summed E-state index contributed by atoms with van der Waals surface area (Å²) in [6.07, 6.45) is 1.72. The Balaban J connectivity index is 1.50. The smallest absolute Gasteiger partial charge is 0.232 e. The Labute approximate surface area is 169 Å². The second-order valence-electron chi connectivity index (χ2n) is 6.38. The molecule has 150 valence electrons. The van der Waals surface area contributed by atoms with Crippen LogP contribution in [0.25, 0.3) is 0 Å². The Morgan fingerprint density at radius 2 is 1.96 bits per heavy atom. The summed E-state index contributed by atoms with van der Waals surface area (Å²) in [5, 5.41) is 3.28.